The van der Waals surface area contributed by atoms with Gasteiger partial charge in [0.2, 0.25) is 5.91 Å². The molecule has 0 aliphatic carbocycles. The highest BCUT2D eigenvalue weighted by atomic mass is 32.2. The first-order valence-corrected chi connectivity index (χ1v) is 11.8. The van der Waals surface area contributed by atoms with Gasteiger partial charge in [0.25, 0.3) is 5.91 Å². The summed E-state index contributed by atoms with van der Waals surface area (Å²) in [6.07, 6.45) is 4.21. The number of carbonyl (C=O) groups is 2. The molecule has 2 atom stereocenters. The Morgan fingerprint density at radius 3 is 2.72 bits per heavy atom. The van der Waals surface area contributed by atoms with Gasteiger partial charge < -0.3 is 15.2 Å². The minimum absolute atomic E-state index is 0.0504. The molecule has 0 radical (unpaired) electrons. The summed E-state index contributed by atoms with van der Waals surface area (Å²) in [5.74, 6) is -0.734. The van der Waals surface area contributed by atoms with Crippen LogP contribution in [0.15, 0.2) is 42.7 Å². The summed E-state index contributed by atoms with van der Waals surface area (Å²) < 4.78 is 25.8. The maximum Gasteiger partial charge on any atom is 0.251 e. The van der Waals surface area contributed by atoms with Gasteiger partial charge in [-0.3, -0.25) is 9.59 Å². The number of amides is 2. The average molecular weight is 433 g/mol. The van der Waals surface area contributed by atoms with Crippen molar-refractivity contribution in [3.05, 3.63) is 48.3 Å². The van der Waals surface area contributed by atoms with Crippen LogP contribution in [0, 0.1) is 0 Å². The fourth-order valence-electron chi connectivity index (χ4n) is 3.21. The fourth-order valence-corrected chi connectivity index (χ4v) is 5.85. The van der Waals surface area contributed by atoms with Crippen molar-refractivity contribution in [3.63, 3.8) is 0 Å². The Morgan fingerprint density at radius 2 is 2.03 bits per heavy atom. The Morgan fingerprint density at radius 1 is 1.28 bits per heavy atom. The summed E-state index contributed by atoms with van der Waals surface area (Å²) in [5.41, 5.74) is 1.23. The zero-order chi connectivity index (χ0) is 20.6. The van der Waals surface area contributed by atoms with Crippen LogP contribution in [0.25, 0.3) is 15.3 Å². The van der Waals surface area contributed by atoms with Gasteiger partial charge in [0.05, 0.1) is 21.7 Å². The van der Waals surface area contributed by atoms with Crippen molar-refractivity contribution in [2.45, 2.75) is 25.4 Å². The third-order valence-corrected chi connectivity index (χ3v) is 7.58. The molecule has 152 valence electrons. The maximum absolute atomic E-state index is 12.6. The van der Waals surface area contributed by atoms with E-state index in [9.17, 15) is 18.0 Å². The molecule has 2 N–H and O–H groups in total. The van der Waals surface area contributed by atoms with Crippen molar-refractivity contribution >= 4 is 43.2 Å². The van der Waals surface area contributed by atoms with E-state index in [1.807, 2.05) is 29.1 Å². The van der Waals surface area contributed by atoms with Crippen LogP contribution in [0.1, 0.15) is 23.7 Å². The highest BCUT2D eigenvalue weighted by molar-refractivity contribution is 7.91. The number of nitrogens with one attached hydrogen (secondary N) is 2. The number of rotatable bonds is 5. The molecular weight excluding hydrogens is 412 g/mol. The van der Waals surface area contributed by atoms with Crippen molar-refractivity contribution in [1.29, 1.82) is 0 Å². The average Bonchev–Trinajstić information content (AvgIpc) is 3.39. The zero-order valence-electron chi connectivity index (χ0n) is 15.7. The van der Waals surface area contributed by atoms with E-state index in [0.717, 1.165) is 15.3 Å². The van der Waals surface area contributed by atoms with Gasteiger partial charge in [-0.05, 0) is 43.7 Å². The molecule has 10 heteroatoms. The molecule has 0 unspecified atom stereocenters. The lowest BCUT2D eigenvalue weighted by Gasteiger charge is -2.17. The number of hydrogen-bond acceptors (Lipinski definition) is 6. The van der Waals surface area contributed by atoms with Crippen molar-refractivity contribution in [2.24, 2.45) is 0 Å². The number of thiazole rings is 1. The van der Waals surface area contributed by atoms with Gasteiger partial charge in [0.1, 0.15) is 6.04 Å². The molecule has 3 aromatic rings. The minimum Gasteiger partial charge on any atom is -0.351 e. The summed E-state index contributed by atoms with van der Waals surface area (Å²) in [4.78, 5) is 29.4. The van der Waals surface area contributed by atoms with Gasteiger partial charge in [-0.15, -0.1) is 0 Å². The molecule has 29 heavy (non-hydrogen) atoms. The number of nitrogens with zero attached hydrogens (tertiary/aromatic N) is 2. The topological polar surface area (TPSA) is 110 Å². The maximum atomic E-state index is 12.6. The Hall–Kier alpha value is -2.72. The van der Waals surface area contributed by atoms with Gasteiger partial charge >= 0.3 is 0 Å². The van der Waals surface area contributed by atoms with Crippen LogP contribution in [-0.2, 0) is 14.6 Å². The largest absolute Gasteiger partial charge is 0.351 e. The van der Waals surface area contributed by atoms with Gasteiger partial charge in [-0.25, -0.2) is 13.4 Å². The molecule has 8 nitrogen and oxygen atoms in total. The van der Waals surface area contributed by atoms with Crippen molar-refractivity contribution in [1.82, 2.24) is 20.2 Å². The summed E-state index contributed by atoms with van der Waals surface area (Å²) in [7, 11) is -3.08. The monoisotopic (exact) mass is 432 g/mol. The lowest BCUT2D eigenvalue weighted by Crippen LogP contribution is -2.48. The number of benzene rings is 1. The van der Waals surface area contributed by atoms with E-state index in [-0.39, 0.29) is 17.4 Å². The van der Waals surface area contributed by atoms with Crippen LogP contribution >= 0.6 is 11.3 Å². The van der Waals surface area contributed by atoms with E-state index in [4.69, 9.17) is 0 Å². The van der Waals surface area contributed by atoms with E-state index in [2.05, 4.69) is 15.6 Å². The number of hydrogen-bond donors (Lipinski definition) is 2. The molecule has 1 saturated heterocycles. The highest BCUT2D eigenvalue weighted by Gasteiger charge is 2.30. The molecule has 1 aliphatic rings. The molecule has 0 bridgehead atoms. The molecule has 1 aliphatic heterocycles. The van der Waals surface area contributed by atoms with E-state index in [0.29, 0.717) is 12.0 Å². The van der Waals surface area contributed by atoms with E-state index in [1.165, 1.54) is 11.3 Å². The normalized spacial score (nSPS) is 19.1. The molecule has 1 aromatic carbocycles. The molecule has 1 fully saturated rings. The van der Waals surface area contributed by atoms with Crippen LogP contribution in [0.4, 0.5) is 0 Å². The van der Waals surface area contributed by atoms with Gasteiger partial charge in [-0.2, -0.15) is 0 Å². The predicted molar refractivity (Wildman–Crippen MR) is 111 cm³/mol. The minimum atomic E-state index is -3.08. The van der Waals surface area contributed by atoms with E-state index < -0.39 is 27.8 Å². The predicted octanol–water partition coefficient (Wildman–Crippen LogP) is 1.51. The van der Waals surface area contributed by atoms with E-state index in [1.54, 1.807) is 25.1 Å². The number of carbonyl (C=O) groups excluding carboxylic acids is 2. The first-order valence-electron chi connectivity index (χ1n) is 9.16. The number of aromatic nitrogens is 2. The molecule has 0 spiro atoms. The molecular formula is C19H20N4O4S2. The molecule has 3 heterocycles. The Labute approximate surface area is 171 Å². The van der Waals surface area contributed by atoms with Crippen LogP contribution in [0.2, 0.25) is 0 Å². The Kier molecular flexibility index (Phi) is 5.13. The van der Waals surface area contributed by atoms with Crippen molar-refractivity contribution < 1.29 is 18.0 Å². The smallest absolute Gasteiger partial charge is 0.251 e. The lowest BCUT2D eigenvalue weighted by atomic mass is 10.2. The molecule has 4 rings (SSSR count). The number of sulfone groups is 1. The third-order valence-electron chi connectivity index (χ3n) is 4.78. The van der Waals surface area contributed by atoms with E-state index >= 15 is 0 Å². The summed E-state index contributed by atoms with van der Waals surface area (Å²) in [6, 6.07) is 7.86. The Balaban J connectivity index is 1.42. The van der Waals surface area contributed by atoms with Crippen LogP contribution < -0.4 is 10.6 Å². The molecule has 2 aromatic heterocycles. The lowest BCUT2D eigenvalue weighted by molar-refractivity contribution is -0.123. The molecule has 0 saturated carbocycles. The number of fused-ring (bicyclic) bond motifs is 1. The summed E-state index contributed by atoms with van der Waals surface area (Å²) in [5, 5.41) is 6.17. The second kappa shape index (κ2) is 7.60. The van der Waals surface area contributed by atoms with Gasteiger partial charge in [0, 0.05) is 24.0 Å². The zero-order valence-corrected chi connectivity index (χ0v) is 17.3. The van der Waals surface area contributed by atoms with Crippen molar-refractivity contribution in [3.8, 4) is 5.13 Å². The summed E-state index contributed by atoms with van der Waals surface area (Å²) >= 11 is 1.47. The quantitative estimate of drug-likeness (QED) is 0.635. The highest BCUT2D eigenvalue weighted by Crippen LogP contribution is 2.26. The first-order chi connectivity index (χ1) is 13.8. The second-order valence-electron chi connectivity index (χ2n) is 7.07. The molecule has 2 amide bonds. The van der Waals surface area contributed by atoms with Gasteiger partial charge in [-0.1, -0.05) is 11.3 Å². The summed E-state index contributed by atoms with van der Waals surface area (Å²) in [6.45, 7) is 1.58. The van der Waals surface area contributed by atoms with Crippen molar-refractivity contribution in [2.75, 3.05) is 11.5 Å². The second-order valence-corrected chi connectivity index (χ2v) is 10.3. The van der Waals surface area contributed by atoms with Crippen LogP contribution in [0.3, 0.4) is 0 Å². The third kappa shape index (κ3) is 4.33. The standard InChI is InChI=1S/C19H20N4O4S2/c1-12(17(24)21-14-6-9-29(26,27)11-14)20-18(25)13-4-5-15-16(10-13)28-19(22-15)23-7-2-3-8-23/h2-5,7-8,10,12,14H,6,9,11H2,1H3,(H,20,25)(H,21,24)/t12-,14+/m0/s1. The first kappa shape index (κ1) is 19.6. The van der Waals surface area contributed by atoms with Gasteiger partial charge in [0.15, 0.2) is 15.0 Å². The SMILES string of the molecule is C[C@H](NC(=O)c1ccc2nc(-n3cccc3)sc2c1)C(=O)N[C@@H]1CCS(=O)(=O)C1. The van der Waals surface area contributed by atoms with Crippen LogP contribution in [0.5, 0.6) is 0 Å². The Bertz CT molecular complexity index is 1170. The fraction of sp³-hybridized carbons (Fsp3) is 0.316. The van der Waals surface area contributed by atoms with Crippen LogP contribution in [-0.4, -0.2) is 53.4 Å².